The van der Waals surface area contributed by atoms with Crippen LogP contribution in [0.4, 0.5) is 5.69 Å². The number of ketones is 1. The SMILES string of the molecule is NN1c2ccccc2C(=O)C2C=CC=CC21. The minimum absolute atomic E-state index is 0.0487. The molecule has 2 N–H and O–H groups in total. The summed E-state index contributed by atoms with van der Waals surface area (Å²) in [7, 11) is 0. The van der Waals surface area contributed by atoms with E-state index in [0.29, 0.717) is 5.56 Å². The van der Waals surface area contributed by atoms with Gasteiger partial charge in [0.15, 0.2) is 5.78 Å². The summed E-state index contributed by atoms with van der Waals surface area (Å²) in [4.78, 5) is 12.2. The van der Waals surface area contributed by atoms with Crippen LogP contribution in [-0.2, 0) is 0 Å². The lowest BCUT2D eigenvalue weighted by molar-refractivity contribution is 0.0928. The van der Waals surface area contributed by atoms with Gasteiger partial charge in [-0.15, -0.1) is 0 Å². The monoisotopic (exact) mass is 212 g/mol. The van der Waals surface area contributed by atoms with Gasteiger partial charge in [0.25, 0.3) is 0 Å². The lowest BCUT2D eigenvalue weighted by Gasteiger charge is -2.38. The van der Waals surface area contributed by atoms with E-state index in [1.165, 1.54) is 0 Å². The standard InChI is InChI=1S/C13H12N2O/c14-15-11-7-3-1-5-9(11)13(16)10-6-2-4-8-12(10)15/h1-9,11H,14H2. The highest BCUT2D eigenvalue weighted by Gasteiger charge is 2.36. The Morgan fingerprint density at radius 2 is 1.88 bits per heavy atom. The first-order chi connectivity index (χ1) is 7.79. The van der Waals surface area contributed by atoms with Crippen LogP contribution in [-0.4, -0.2) is 11.8 Å². The molecule has 0 saturated carbocycles. The number of nitrogens with two attached hydrogens (primary N) is 1. The molecule has 0 spiro atoms. The van der Waals surface area contributed by atoms with E-state index in [2.05, 4.69) is 0 Å². The minimum atomic E-state index is -0.148. The smallest absolute Gasteiger partial charge is 0.174 e. The van der Waals surface area contributed by atoms with Crippen LogP contribution in [0.15, 0.2) is 48.6 Å². The maximum absolute atomic E-state index is 12.2. The number of rotatable bonds is 0. The zero-order valence-corrected chi connectivity index (χ0v) is 8.71. The summed E-state index contributed by atoms with van der Waals surface area (Å²) in [6.07, 6.45) is 7.73. The molecule has 1 aliphatic carbocycles. The molecule has 3 rings (SSSR count). The number of allylic oxidation sites excluding steroid dienone is 2. The average Bonchev–Trinajstić information content (AvgIpc) is 2.36. The minimum Gasteiger partial charge on any atom is -0.302 e. The number of para-hydroxylation sites is 1. The number of hydrazine groups is 1. The van der Waals surface area contributed by atoms with Crippen molar-refractivity contribution in [3.63, 3.8) is 0 Å². The molecule has 2 unspecified atom stereocenters. The fourth-order valence-electron chi connectivity index (χ4n) is 2.35. The summed E-state index contributed by atoms with van der Waals surface area (Å²) in [5.74, 6) is 6.07. The quantitative estimate of drug-likeness (QED) is 0.665. The van der Waals surface area contributed by atoms with Crippen molar-refractivity contribution in [1.29, 1.82) is 0 Å². The fraction of sp³-hybridized carbons (Fsp3) is 0.154. The van der Waals surface area contributed by atoms with Gasteiger partial charge in [0, 0.05) is 5.56 Å². The van der Waals surface area contributed by atoms with Crippen molar-refractivity contribution in [1.82, 2.24) is 0 Å². The second-order valence-electron chi connectivity index (χ2n) is 4.07. The zero-order chi connectivity index (χ0) is 11.1. The highest BCUT2D eigenvalue weighted by molar-refractivity contribution is 6.06. The largest absolute Gasteiger partial charge is 0.302 e. The molecule has 1 aromatic carbocycles. The summed E-state index contributed by atoms with van der Waals surface area (Å²) in [5, 5.41) is 1.68. The number of anilines is 1. The van der Waals surface area contributed by atoms with E-state index in [0.717, 1.165) is 5.69 Å². The van der Waals surface area contributed by atoms with Gasteiger partial charge < -0.3 is 5.01 Å². The molecule has 1 aromatic rings. The van der Waals surface area contributed by atoms with Gasteiger partial charge in [-0.05, 0) is 12.1 Å². The van der Waals surface area contributed by atoms with Crippen molar-refractivity contribution in [2.45, 2.75) is 6.04 Å². The number of Topliss-reactive ketones (excluding diaryl/α,β-unsaturated/α-hetero) is 1. The fourth-order valence-corrected chi connectivity index (χ4v) is 2.35. The Hall–Kier alpha value is -1.87. The molecule has 0 amide bonds. The van der Waals surface area contributed by atoms with Crippen LogP contribution in [0.25, 0.3) is 0 Å². The third-order valence-corrected chi connectivity index (χ3v) is 3.18. The number of hydrogen-bond donors (Lipinski definition) is 1. The van der Waals surface area contributed by atoms with Crippen molar-refractivity contribution in [3.8, 4) is 0 Å². The van der Waals surface area contributed by atoms with Gasteiger partial charge in [0.05, 0.1) is 17.6 Å². The first kappa shape index (κ1) is 9.36. The molecule has 80 valence electrons. The molecule has 2 atom stereocenters. The maximum atomic E-state index is 12.2. The van der Waals surface area contributed by atoms with Crippen LogP contribution < -0.4 is 10.9 Å². The van der Waals surface area contributed by atoms with Gasteiger partial charge >= 0.3 is 0 Å². The summed E-state index contributed by atoms with van der Waals surface area (Å²) in [6.45, 7) is 0. The van der Waals surface area contributed by atoms with Gasteiger partial charge in [-0.2, -0.15) is 0 Å². The number of carbonyl (C=O) groups is 1. The van der Waals surface area contributed by atoms with Crippen LogP contribution in [0.5, 0.6) is 0 Å². The van der Waals surface area contributed by atoms with Crippen LogP contribution in [0.3, 0.4) is 0 Å². The Morgan fingerprint density at radius 3 is 2.75 bits per heavy atom. The first-order valence-corrected chi connectivity index (χ1v) is 5.31. The highest BCUT2D eigenvalue weighted by atomic mass is 16.1. The van der Waals surface area contributed by atoms with Crippen molar-refractivity contribution in [2.75, 3.05) is 5.01 Å². The Morgan fingerprint density at radius 1 is 1.12 bits per heavy atom. The predicted octanol–water partition coefficient (Wildman–Crippen LogP) is 1.67. The summed E-state index contributed by atoms with van der Waals surface area (Å²) in [6, 6.07) is 7.43. The van der Waals surface area contributed by atoms with Crippen LogP contribution in [0.1, 0.15) is 10.4 Å². The van der Waals surface area contributed by atoms with Crippen LogP contribution in [0.2, 0.25) is 0 Å². The summed E-state index contributed by atoms with van der Waals surface area (Å²) < 4.78 is 0. The predicted molar refractivity (Wildman–Crippen MR) is 63.0 cm³/mol. The number of hydrogen-bond acceptors (Lipinski definition) is 3. The van der Waals surface area contributed by atoms with E-state index in [1.54, 1.807) is 5.01 Å². The molecule has 3 heteroatoms. The summed E-state index contributed by atoms with van der Waals surface area (Å²) in [5.41, 5.74) is 1.53. The summed E-state index contributed by atoms with van der Waals surface area (Å²) >= 11 is 0. The lowest BCUT2D eigenvalue weighted by Crippen LogP contribution is -2.51. The number of fused-ring (bicyclic) bond motifs is 2. The van der Waals surface area contributed by atoms with E-state index in [9.17, 15) is 4.79 Å². The van der Waals surface area contributed by atoms with Gasteiger partial charge in [-0.25, -0.2) is 5.84 Å². The Balaban J connectivity index is 2.17. The second kappa shape index (κ2) is 3.32. The zero-order valence-electron chi connectivity index (χ0n) is 8.71. The number of carbonyl (C=O) groups excluding carboxylic acids is 1. The van der Waals surface area contributed by atoms with Gasteiger partial charge in [-0.3, -0.25) is 4.79 Å². The van der Waals surface area contributed by atoms with Gasteiger partial charge in [-0.1, -0.05) is 36.4 Å². The molecule has 2 aliphatic rings. The van der Waals surface area contributed by atoms with Crippen molar-refractivity contribution >= 4 is 11.5 Å². The van der Waals surface area contributed by atoms with Crippen LogP contribution >= 0.6 is 0 Å². The molecule has 0 saturated heterocycles. The molecule has 0 bridgehead atoms. The number of nitrogens with zero attached hydrogens (tertiary/aromatic N) is 1. The molecule has 0 aromatic heterocycles. The van der Waals surface area contributed by atoms with E-state index in [4.69, 9.17) is 5.84 Å². The van der Waals surface area contributed by atoms with Crippen molar-refractivity contribution < 1.29 is 4.79 Å². The van der Waals surface area contributed by atoms with Gasteiger partial charge in [0.2, 0.25) is 0 Å². The van der Waals surface area contributed by atoms with Crippen molar-refractivity contribution in [2.24, 2.45) is 11.8 Å². The topological polar surface area (TPSA) is 46.3 Å². The third-order valence-electron chi connectivity index (χ3n) is 3.18. The Bertz CT molecular complexity index is 504. The van der Waals surface area contributed by atoms with E-state index in [-0.39, 0.29) is 17.7 Å². The highest BCUT2D eigenvalue weighted by Crippen LogP contribution is 2.33. The Kier molecular flexibility index (Phi) is 1.94. The van der Waals surface area contributed by atoms with Crippen LogP contribution in [0, 0.1) is 5.92 Å². The van der Waals surface area contributed by atoms with Crippen molar-refractivity contribution in [3.05, 3.63) is 54.1 Å². The third kappa shape index (κ3) is 1.15. The lowest BCUT2D eigenvalue weighted by atomic mass is 9.83. The molecule has 1 aliphatic heterocycles. The normalized spacial score (nSPS) is 26.6. The van der Waals surface area contributed by atoms with E-state index < -0.39 is 0 Å². The molecule has 0 radical (unpaired) electrons. The second-order valence-corrected chi connectivity index (χ2v) is 4.07. The average molecular weight is 212 g/mol. The molecule has 16 heavy (non-hydrogen) atoms. The molecule has 1 heterocycles. The molecular formula is C13H12N2O. The molecular weight excluding hydrogens is 200 g/mol. The molecule has 3 nitrogen and oxygen atoms in total. The van der Waals surface area contributed by atoms with Gasteiger partial charge in [0.1, 0.15) is 0 Å². The molecule has 0 fully saturated rings. The number of benzene rings is 1. The Labute approximate surface area is 93.8 Å². The maximum Gasteiger partial charge on any atom is 0.174 e. The first-order valence-electron chi connectivity index (χ1n) is 5.31. The van der Waals surface area contributed by atoms with E-state index >= 15 is 0 Å². The van der Waals surface area contributed by atoms with E-state index in [1.807, 2.05) is 48.6 Å².